The molecule has 0 radical (unpaired) electrons. The van der Waals surface area contributed by atoms with Crippen molar-refractivity contribution in [3.63, 3.8) is 0 Å². The molecular weight excluding hydrogens is 310 g/mol. The van der Waals surface area contributed by atoms with Crippen molar-refractivity contribution in [2.75, 3.05) is 19.8 Å². The van der Waals surface area contributed by atoms with E-state index < -0.39 is 0 Å². The first-order chi connectivity index (χ1) is 9.09. The minimum Gasteiger partial charge on any atom is -0.381 e. The number of aryl methyl sites for hydroxylation is 1. The van der Waals surface area contributed by atoms with Gasteiger partial charge in [0.05, 0.1) is 10.2 Å². The minimum absolute atomic E-state index is 0.174. The SMILES string of the molecule is Cc1nc(=O)n(CCNC2CCOCC2)c(C)c1Br. The molecule has 0 saturated carbocycles. The Labute approximate surface area is 121 Å². The molecule has 0 aliphatic carbocycles. The topological polar surface area (TPSA) is 56.2 Å². The lowest BCUT2D eigenvalue weighted by molar-refractivity contribution is 0.0778. The van der Waals surface area contributed by atoms with Crippen LogP contribution in [0.3, 0.4) is 0 Å². The summed E-state index contributed by atoms with van der Waals surface area (Å²) >= 11 is 3.47. The molecule has 1 aromatic heterocycles. The third kappa shape index (κ3) is 3.64. The monoisotopic (exact) mass is 329 g/mol. The van der Waals surface area contributed by atoms with Crippen LogP contribution >= 0.6 is 15.9 Å². The summed E-state index contributed by atoms with van der Waals surface area (Å²) in [5.41, 5.74) is 1.51. The van der Waals surface area contributed by atoms with Crippen LogP contribution < -0.4 is 11.0 Å². The Balaban J connectivity index is 1.96. The minimum atomic E-state index is -0.174. The molecule has 1 aliphatic heterocycles. The predicted octanol–water partition coefficient (Wildman–Crippen LogP) is 1.39. The first-order valence-electron chi connectivity index (χ1n) is 6.64. The summed E-state index contributed by atoms with van der Waals surface area (Å²) < 4.78 is 7.95. The van der Waals surface area contributed by atoms with E-state index in [1.807, 2.05) is 13.8 Å². The van der Waals surface area contributed by atoms with E-state index >= 15 is 0 Å². The number of nitrogens with zero attached hydrogens (tertiary/aromatic N) is 2. The van der Waals surface area contributed by atoms with Crippen molar-refractivity contribution in [1.29, 1.82) is 0 Å². The van der Waals surface area contributed by atoms with Crippen LogP contribution in [0.25, 0.3) is 0 Å². The van der Waals surface area contributed by atoms with Gasteiger partial charge < -0.3 is 10.1 Å². The van der Waals surface area contributed by atoms with Crippen molar-refractivity contribution in [2.45, 2.75) is 39.3 Å². The van der Waals surface area contributed by atoms with Crippen LogP contribution in [0.2, 0.25) is 0 Å². The maximum atomic E-state index is 11.9. The maximum Gasteiger partial charge on any atom is 0.348 e. The van der Waals surface area contributed by atoms with Gasteiger partial charge in [0.1, 0.15) is 0 Å². The zero-order valence-corrected chi connectivity index (χ0v) is 13.0. The summed E-state index contributed by atoms with van der Waals surface area (Å²) in [4.78, 5) is 15.9. The van der Waals surface area contributed by atoms with Crippen molar-refractivity contribution in [2.24, 2.45) is 0 Å². The smallest absolute Gasteiger partial charge is 0.348 e. The summed E-state index contributed by atoms with van der Waals surface area (Å²) in [6, 6.07) is 0.506. The fraction of sp³-hybridized carbons (Fsp3) is 0.692. The van der Waals surface area contributed by atoms with Gasteiger partial charge in [-0.25, -0.2) is 4.79 Å². The normalized spacial score (nSPS) is 16.8. The molecule has 1 aromatic rings. The highest BCUT2D eigenvalue weighted by molar-refractivity contribution is 9.10. The maximum absolute atomic E-state index is 11.9. The lowest BCUT2D eigenvalue weighted by Crippen LogP contribution is -2.38. The van der Waals surface area contributed by atoms with Gasteiger partial charge in [-0.15, -0.1) is 0 Å². The van der Waals surface area contributed by atoms with Gasteiger partial charge in [-0.05, 0) is 42.6 Å². The second-order valence-electron chi connectivity index (χ2n) is 4.87. The molecule has 2 heterocycles. The Morgan fingerprint density at radius 3 is 2.79 bits per heavy atom. The molecule has 0 unspecified atom stereocenters. The molecule has 19 heavy (non-hydrogen) atoms. The molecule has 6 heteroatoms. The van der Waals surface area contributed by atoms with Crippen LogP contribution in [0.4, 0.5) is 0 Å². The van der Waals surface area contributed by atoms with E-state index in [1.165, 1.54) is 0 Å². The Morgan fingerprint density at radius 1 is 1.42 bits per heavy atom. The molecule has 0 atom stereocenters. The molecule has 0 spiro atoms. The lowest BCUT2D eigenvalue weighted by atomic mass is 10.1. The van der Waals surface area contributed by atoms with E-state index in [1.54, 1.807) is 4.57 Å². The third-order valence-electron chi connectivity index (χ3n) is 3.52. The van der Waals surface area contributed by atoms with E-state index in [0.29, 0.717) is 12.6 Å². The van der Waals surface area contributed by atoms with Gasteiger partial charge in [-0.2, -0.15) is 4.98 Å². The first-order valence-corrected chi connectivity index (χ1v) is 7.43. The fourth-order valence-electron chi connectivity index (χ4n) is 2.32. The quantitative estimate of drug-likeness (QED) is 0.907. The Kier molecular flexibility index (Phi) is 5.13. The standard InChI is InChI=1S/C13H20BrN3O2/c1-9-12(14)10(2)17(13(18)16-9)6-5-15-11-3-7-19-8-4-11/h11,15H,3-8H2,1-2H3. The van der Waals surface area contributed by atoms with Crippen molar-refractivity contribution < 1.29 is 4.74 Å². The number of ether oxygens (including phenoxy) is 1. The van der Waals surface area contributed by atoms with Gasteiger partial charge in [0, 0.05) is 38.0 Å². The second-order valence-corrected chi connectivity index (χ2v) is 5.66. The van der Waals surface area contributed by atoms with E-state index in [2.05, 4.69) is 26.2 Å². The van der Waals surface area contributed by atoms with Crippen LogP contribution in [-0.2, 0) is 11.3 Å². The summed E-state index contributed by atoms with van der Waals surface area (Å²) in [6.45, 7) is 6.86. The molecule has 1 fully saturated rings. The molecule has 2 rings (SSSR count). The molecule has 5 nitrogen and oxygen atoms in total. The fourth-order valence-corrected chi connectivity index (χ4v) is 2.62. The average molecular weight is 330 g/mol. The highest BCUT2D eigenvalue weighted by Crippen LogP contribution is 2.16. The summed E-state index contributed by atoms with van der Waals surface area (Å²) in [7, 11) is 0. The van der Waals surface area contributed by atoms with E-state index in [0.717, 1.165) is 48.5 Å². The summed E-state index contributed by atoms with van der Waals surface area (Å²) in [6.07, 6.45) is 2.09. The van der Waals surface area contributed by atoms with E-state index in [-0.39, 0.29) is 5.69 Å². The van der Waals surface area contributed by atoms with E-state index in [9.17, 15) is 4.79 Å². The average Bonchev–Trinajstić information content (AvgIpc) is 2.41. The van der Waals surface area contributed by atoms with Crippen LogP contribution in [-0.4, -0.2) is 35.4 Å². The number of aromatic nitrogens is 2. The molecule has 1 N–H and O–H groups in total. The van der Waals surface area contributed by atoms with Gasteiger partial charge >= 0.3 is 5.69 Å². The molecular formula is C13H20BrN3O2. The largest absolute Gasteiger partial charge is 0.381 e. The summed E-state index contributed by atoms with van der Waals surface area (Å²) in [5.74, 6) is 0. The van der Waals surface area contributed by atoms with E-state index in [4.69, 9.17) is 4.74 Å². The zero-order valence-electron chi connectivity index (χ0n) is 11.4. The van der Waals surface area contributed by atoms with Crippen molar-refractivity contribution >= 4 is 15.9 Å². The number of halogens is 1. The number of nitrogens with one attached hydrogen (secondary N) is 1. The highest BCUT2D eigenvalue weighted by atomic mass is 79.9. The van der Waals surface area contributed by atoms with Crippen LogP contribution in [0.15, 0.2) is 9.27 Å². The Morgan fingerprint density at radius 2 is 2.11 bits per heavy atom. The molecule has 0 aromatic carbocycles. The van der Waals surface area contributed by atoms with Gasteiger partial charge in [-0.1, -0.05) is 0 Å². The van der Waals surface area contributed by atoms with Crippen molar-refractivity contribution in [1.82, 2.24) is 14.9 Å². The molecule has 1 aliphatic rings. The highest BCUT2D eigenvalue weighted by Gasteiger charge is 2.13. The molecule has 1 saturated heterocycles. The van der Waals surface area contributed by atoms with Crippen molar-refractivity contribution in [3.8, 4) is 0 Å². The van der Waals surface area contributed by atoms with Gasteiger partial charge in [0.25, 0.3) is 0 Å². The van der Waals surface area contributed by atoms with Gasteiger partial charge in [0.2, 0.25) is 0 Å². The number of hydrogen-bond donors (Lipinski definition) is 1. The third-order valence-corrected chi connectivity index (χ3v) is 4.67. The Bertz CT molecular complexity index is 495. The van der Waals surface area contributed by atoms with Gasteiger partial charge in [0.15, 0.2) is 0 Å². The van der Waals surface area contributed by atoms with Crippen LogP contribution in [0, 0.1) is 13.8 Å². The van der Waals surface area contributed by atoms with Crippen LogP contribution in [0.1, 0.15) is 24.2 Å². The van der Waals surface area contributed by atoms with Gasteiger partial charge in [-0.3, -0.25) is 4.57 Å². The number of rotatable bonds is 4. The Hall–Kier alpha value is -0.720. The molecule has 0 amide bonds. The summed E-state index contributed by atoms with van der Waals surface area (Å²) in [5, 5.41) is 3.48. The predicted molar refractivity (Wildman–Crippen MR) is 77.5 cm³/mol. The lowest BCUT2D eigenvalue weighted by Gasteiger charge is -2.23. The molecule has 106 valence electrons. The number of hydrogen-bond acceptors (Lipinski definition) is 4. The second kappa shape index (κ2) is 6.63. The first kappa shape index (κ1) is 14.7. The van der Waals surface area contributed by atoms with Crippen molar-refractivity contribution in [3.05, 3.63) is 26.3 Å². The van der Waals surface area contributed by atoms with Crippen LogP contribution in [0.5, 0.6) is 0 Å². The zero-order chi connectivity index (χ0) is 13.8. The molecule has 0 bridgehead atoms.